The molecule has 1 atom stereocenters. The van der Waals surface area contributed by atoms with Gasteiger partial charge in [-0.25, -0.2) is 9.97 Å². The van der Waals surface area contributed by atoms with Crippen LogP contribution in [0.3, 0.4) is 0 Å². The molecule has 0 aliphatic carbocycles. The first-order valence-electron chi connectivity index (χ1n) is 5.51. The Morgan fingerprint density at radius 1 is 1.29 bits per heavy atom. The van der Waals surface area contributed by atoms with Crippen LogP contribution in [0.1, 0.15) is 6.42 Å². The van der Waals surface area contributed by atoms with Gasteiger partial charge in [0, 0.05) is 34.7 Å². The number of rotatable bonds is 5. The number of para-hydroxylation sites is 1. The number of fused-ring (bicyclic) bond motifs is 1. The summed E-state index contributed by atoms with van der Waals surface area (Å²) in [5.41, 5.74) is 0.934. The summed E-state index contributed by atoms with van der Waals surface area (Å²) in [4.78, 5) is 8.42. The van der Waals surface area contributed by atoms with Crippen LogP contribution in [0.4, 0.5) is 5.82 Å². The van der Waals surface area contributed by atoms with Gasteiger partial charge in [0.1, 0.15) is 12.1 Å². The minimum atomic E-state index is -0.723. The summed E-state index contributed by atoms with van der Waals surface area (Å²) in [7, 11) is -0.723. The number of aromatic nitrogens is 2. The number of nitrogens with one attached hydrogen (secondary N) is 1. The van der Waals surface area contributed by atoms with Crippen LogP contribution in [-0.4, -0.2) is 32.7 Å². The van der Waals surface area contributed by atoms with Gasteiger partial charge in [0.25, 0.3) is 0 Å². The average molecular weight is 249 g/mol. The highest BCUT2D eigenvalue weighted by Gasteiger charge is 2.01. The Labute approximate surface area is 103 Å². The molecule has 0 aliphatic heterocycles. The normalized spacial score (nSPS) is 12.5. The Bertz CT molecular complexity index is 525. The molecule has 0 fully saturated rings. The van der Waals surface area contributed by atoms with Crippen LogP contribution in [0, 0.1) is 0 Å². The van der Waals surface area contributed by atoms with Gasteiger partial charge >= 0.3 is 0 Å². The van der Waals surface area contributed by atoms with Gasteiger partial charge in [-0.1, -0.05) is 12.1 Å². The number of hydrogen-bond donors (Lipinski definition) is 1. The zero-order chi connectivity index (χ0) is 12.1. The third kappa shape index (κ3) is 3.23. The molecule has 90 valence electrons. The summed E-state index contributed by atoms with van der Waals surface area (Å²) in [6.07, 6.45) is 4.16. The van der Waals surface area contributed by atoms with E-state index >= 15 is 0 Å². The van der Waals surface area contributed by atoms with Gasteiger partial charge in [-0.05, 0) is 18.6 Å². The Morgan fingerprint density at radius 3 is 2.94 bits per heavy atom. The van der Waals surface area contributed by atoms with E-state index < -0.39 is 10.8 Å². The highest BCUT2D eigenvalue weighted by molar-refractivity contribution is 7.84. The summed E-state index contributed by atoms with van der Waals surface area (Å²) in [6, 6.07) is 7.89. The Balaban J connectivity index is 2.05. The SMILES string of the molecule is CS(=O)CCCNc1ncnc2ccccc12. The Kier molecular flexibility index (Phi) is 4.03. The lowest BCUT2D eigenvalue weighted by atomic mass is 10.2. The fourth-order valence-corrected chi connectivity index (χ4v) is 2.18. The molecule has 1 N–H and O–H groups in total. The van der Waals surface area contributed by atoms with Crippen molar-refractivity contribution in [3.05, 3.63) is 30.6 Å². The minimum absolute atomic E-state index is 0.718. The second-order valence-electron chi connectivity index (χ2n) is 3.80. The van der Waals surface area contributed by atoms with E-state index in [1.165, 1.54) is 0 Å². The molecule has 1 aromatic carbocycles. The number of nitrogens with zero attached hydrogens (tertiary/aromatic N) is 2. The highest BCUT2D eigenvalue weighted by atomic mass is 32.2. The molecule has 0 amide bonds. The van der Waals surface area contributed by atoms with Gasteiger partial charge < -0.3 is 5.32 Å². The summed E-state index contributed by atoms with van der Waals surface area (Å²) >= 11 is 0. The van der Waals surface area contributed by atoms with Crippen LogP contribution in [0.5, 0.6) is 0 Å². The minimum Gasteiger partial charge on any atom is -0.369 e. The maximum atomic E-state index is 10.9. The van der Waals surface area contributed by atoms with Crippen molar-refractivity contribution in [3.63, 3.8) is 0 Å². The van der Waals surface area contributed by atoms with E-state index in [1.54, 1.807) is 12.6 Å². The first kappa shape index (κ1) is 12.0. The summed E-state index contributed by atoms with van der Waals surface area (Å²) in [6.45, 7) is 0.778. The lowest BCUT2D eigenvalue weighted by molar-refractivity contribution is 0.685. The van der Waals surface area contributed by atoms with Gasteiger partial charge in [0.2, 0.25) is 0 Å². The molecule has 17 heavy (non-hydrogen) atoms. The molecule has 2 rings (SSSR count). The second-order valence-corrected chi connectivity index (χ2v) is 5.35. The van der Waals surface area contributed by atoms with E-state index in [4.69, 9.17) is 0 Å². The summed E-state index contributed by atoms with van der Waals surface area (Å²) < 4.78 is 10.9. The van der Waals surface area contributed by atoms with Crippen molar-refractivity contribution < 1.29 is 4.21 Å². The first-order chi connectivity index (χ1) is 8.27. The highest BCUT2D eigenvalue weighted by Crippen LogP contribution is 2.17. The van der Waals surface area contributed by atoms with Crippen molar-refractivity contribution in [3.8, 4) is 0 Å². The topological polar surface area (TPSA) is 54.9 Å². The molecule has 0 saturated carbocycles. The zero-order valence-electron chi connectivity index (χ0n) is 9.72. The average Bonchev–Trinajstić information content (AvgIpc) is 2.34. The monoisotopic (exact) mass is 249 g/mol. The van der Waals surface area contributed by atoms with Crippen molar-refractivity contribution in [1.29, 1.82) is 0 Å². The van der Waals surface area contributed by atoms with Gasteiger partial charge in [-0.15, -0.1) is 0 Å². The van der Waals surface area contributed by atoms with E-state index in [0.717, 1.165) is 35.4 Å². The fraction of sp³-hybridized carbons (Fsp3) is 0.333. The number of anilines is 1. The molecular formula is C12H15N3OS. The first-order valence-corrected chi connectivity index (χ1v) is 7.24. The maximum absolute atomic E-state index is 10.9. The smallest absolute Gasteiger partial charge is 0.137 e. The predicted molar refractivity (Wildman–Crippen MR) is 71.6 cm³/mol. The van der Waals surface area contributed by atoms with Crippen LogP contribution in [-0.2, 0) is 10.8 Å². The quantitative estimate of drug-likeness (QED) is 0.821. The molecular weight excluding hydrogens is 234 g/mol. The van der Waals surface area contributed by atoms with E-state index in [2.05, 4.69) is 15.3 Å². The molecule has 5 heteroatoms. The molecule has 0 saturated heterocycles. The van der Waals surface area contributed by atoms with Gasteiger partial charge in [-0.2, -0.15) is 0 Å². The van der Waals surface area contributed by atoms with Crippen molar-refractivity contribution >= 4 is 27.5 Å². The molecule has 0 radical (unpaired) electrons. The Morgan fingerprint density at radius 2 is 2.12 bits per heavy atom. The van der Waals surface area contributed by atoms with Crippen LogP contribution in [0.2, 0.25) is 0 Å². The molecule has 0 bridgehead atoms. The molecule has 2 aromatic rings. The summed E-state index contributed by atoms with van der Waals surface area (Å²) in [5, 5.41) is 4.28. The standard InChI is InChI=1S/C12H15N3OS/c1-17(16)8-4-7-13-12-10-5-2-3-6-11(10)14-9-15-12/h2-3,5-6,9H,4,7-8H2,1H3,(H,13,14,15). The molecule has 0 aliphatic rings. The third-order valence-electron chi connectivity index (χ3n) is 2.44. The third-order valence-corrected chi connectivity index (χ3v) is 3.31. The molecule has 1 aromatic heterocycles. The molecule has 1 unspecified atom stereocenters. The number of benzene rings is 1. The van der Waals surface area contributed by atoms with Crippen molar-refractivity contribution in [2.75, 3.05) is 23.9 Å². The van der Waals surface area contributed by atoms with Gasteiger partial charge in [-0.3, -0.25) is 4.21 Å². The zero-order valence-corrected chi connectivity index (χ0v) is 10.5. The van der Waals surface area contributed by atoms with E-state index in [9.17, 15) is 4.21 Å². The molecule has 1 heterocycles. The second kappa shape index (κ2) is 5.72. The van der Waals surface area contributed by atoms with E-state index in [0.29, 0.717) is 0 Å². The number of hydrogen-bond acceptors (Lipinski definition) is 4. The van der Waals surface area contributed by atoms with Crippen LogP contribution in [0.25, 0.3) is 10.9 Å². The lowest BCUT2D eigenvalue weighted by Gasteiger charge is -2.07. The van der Waals surface area contributed by atoms with Crippen molar-refractivity contribution in [1.82, 2.24) is 9.97 Å². The van der Waals surface area contributed by atoms with Crippen LogP contribution >= 0.6 is 0 Å². The van der Waals surface area contributed by atoms with Crippen molar-refractivity contribution in [2.45, 2.75) is 6.42 Å². The molecule has 4 nitrogen and oxygen atoms in total. The molecule has 0 spiro atoms. The predicted octanol–water partition coefficient (Wildman–Crippen LogP) is 1.81. The van der Waals surface area contributed by atoms with Crippen LogP contribution in [0.15, 0.2) is 30.6 Å². The fourth-order valence-electron chi connectivity index (χ4n) is 1.63. The van der Waals surface area contributed by atoms with Gasteiger partial charge in [0.15, 0.2) is 0 Å². The van der Waals surface area contributed by atoms with E-state index in [-0.39, 0.29) is 0 Å². The van der Waals surface area contributed by atoms with Crippen LogP contribution < -0.4 is 5.32 Å². The summed E-state index contributed by atoms with van der Waals surface area (Å²) in [5.74, 6) is 1.56. The lowest BCUT2D eigenvalue weighted by Crippen LogP contribution is -2.07. The largest absolute Gasteiger partial charge is 0.369 e. The maximum Gasteiger partial charge on any atom is 0.137 e. The van der Waals surface area contributed by atoms with Gasteiger partial charge in [0.05, 0.1) is 5.52 Å². The Hall–Kier alpha value is -1.49. The van der Waals surface area contributed by atoms with E-state index in [1.807, 2.05) is 24.3 Å². The van der Waals surface area contributed by atoms with Crippen molar-refractivity contribution in [2.24, 2.45) is 0 Å².